The van der Waals surface area contributed by atoms with Crippen molar-refractivity contribution in [2.24, 2.45) is 0 Å². The second kappa shape index (κ2) is 8.28. The molecule has 1 aliphatic rings. The van der Waals surface area contributed by atoms with Crippen LogP contribution in [-0.4, -0.2) is 19.8 Å². The van der Waals surface area contributed by atoms with E-state index in [0.29, 0.717) is 0 Å². The van der Waals surface area contributed by atoms with Crippen LogP contribution in [0.15, 0.2) is 72.8 Å². The zero-order valence-electron chi connectivity index (χ0n) is 15.7. The SMILES string of the molecule is COc1cccc2c1OC(CNCc1cccc(-c3ccccc3)c1)CC2. The van der Waals surface area contributed by atoms with Crippen LogP contribution in [0.3, 0.4) is 0 Å². The normalized spacial score (nSPS) is 15.7. The molecule has 0 saturated heterocycles. The van der Waals surface area contributed by atoms with Gasteiger partial charge in [-0.3, -0.25) is 0 Å². The minimum atomic E-state index is 0.172. The summed E-state index contributed by atoms with van der Waals surface area (Å²) >= 11 is 0. The molecule has 0 amide bonds. The molecule has 0 spiro atoms. The van der Waals surface area contributed by atoms with Gasteiger partial charge in [0.1, 0.15) is 6.10 Å². The highest BCUT2D eigenvalue weighted by Gasteiger charge is 2.22. The van der Waals surface area contributed by atoms with Crippen LogP contribution >= 0.6 is 0 Å². The van der Waals surface area contributed by atoms with Gasteiger partial charge in [-0.05, 0) is 47.2 Å². The van der Waals surface area contributed by atoms with Crippen molar-refractivity contribution in [3.63, 3.8) is 0 Å². The number of para-hydroxylation sites is 1. The van der Waals surface area contributed by atoms with Gasteiger partial charge in [0.25, 0.3) is 0 Å². The van der Waals surface area contributed by atoms with Gasteiger partial charge in [0.15, 0.2) is 11.5 Å². The third-order valence-corrected chi connectivity index (χ3v) is 5.04. The smallest absolute Gasteiger partial charge is 0.164 e. The lowest BCUT2D eigenvalue weighted by atomic mass is 10.0. The number of aryl methyl sites for hydroxylation is 1. The highest BCUT2D eigenvalue weighted by Crippen LogP contribution is 2.36. The molecule has 3 aromatic carbocycles. The first kappa shape index (κ1) is 17.6. The van der Waals surface area contributed by atoms with E-state index >= 15 is 0 Å². The molecule has 0 aliphatic carbocycles. The Bertz CT molecular complexity index is 878. The molecule has 0 aromatic heterocycles. The minimum absolute atomic E-state index is 0.172. The maximum absolute atomic E-state index is 6.20. The van der Waals surface area contributed by atoms with Gasteiger partial charge in [0, 0.05) is 13.1 Å². The number of methoxy groups -OCH3 is 1. The summed E-state index contributed by atoms with van der Waals surface area (Å²) in [6.45, 7) is 1.66. The summed E-state index contributed by atoms with van der Waals surface area (Å²) in [6.07, 6.45) is 2.23. The van der Waals surface area contributed by atoms with Crippen LogP contribution in [0.25, 0.3) is 11.1 Å². The molecule has 1 heterocycles. The average Bonchev–Trinajstić information content (AvgIpc) is 2.74. The molecule has 1 aliphatic heterocycles. The molecule has 1 atom stereocenters. The Labute approximate surface area is 161 Å². The van der Waals surface area contributed by atoms with Gasteiger partial charge in [-0.2, -0.15) is 0 Å². The Hall–Kier alpha value is -2.78. The first-order chi connectivity index (χ1) is 13.3. The molecule has 0 saturated carbocycles. The molecule has 0 radical (unpaired) electrons. The number of benzene rings is 3. The Morgan fingerprint density at radius 1 is 0.963 bits per heavy atom. The Kier molecular flexibility index (Phi) is 5.40. The second-order valence-electron chi connectivity index (χ2n) is 6.92. The zero-order valence-corrected chi connectivity index (χ0v) is 15.7. The fourth-order valence-corrected chi connectivity index (χ4v) is 3.61. The number of hydrogen-bond donors (Lipinski definition) is 1. The third kappa shape index (κ3) is 4.15. The molecule has 3 heteroatoms. The maximum Gasteiger partial charge on any atom is 0.164 e. The van der Waals surface area contributed by atoms with E-state index in [1.165, 1.54) is 22.3 Å². The van der Waals surface area contributed by atoms with Crippen molar-refractivity contribution in [1.82, 2.24) is 5.32 Å². The number of hydrogen-bond acceptors (Lipinski definition) is 3. The van der Waals surface area contributed by atoms with E-state index < -0.39 is 0 Å². The van der Waals surface area contributed by atoms with Gasteiger partial charge in [-0.25, -0.2) is 0 Å². The summed E-state index contributed by atoms with van der Waals surface area (Å²) in [5.41, 5.74) is 5.02. The van der Waals surface area contributed by atoms with Crippen molar-refractivity contribution in [2.75, 3.05) is 13.7 Å². The topological polar surface area (TPSA) is 30.5 Å². The van der Waals surface area contributed by atoms with Crippen molar-refractivity contribution >= 4 is 0 Å². The molecular formula is C24H25NO2. The van der Waals surface area contributed by atoms with Gasteiger partial charge in [-0.15, -0.1) is 0 Å². The summed E-state index contributed by atoms with van der Waals surface area (Å²) in [5, 5.41) is 3.55. The lowest BCUT2D eigenvalue weighted by Crippen LogP contribution is -2.34. The average molecular weight is 359 g/mol. The molecule has 27 heavy (non-hydrogen) atoms. The predicted octanol–water partition coefficient (Wildman–Crippen LogP) is 4.85. The standard InChI is InChI=1S/C24H25NO2/c1-26-23-12-6-10-20-13-14-22(27-24(20)23)17-25-16-18-7-5-11-21(15-18)19-8-3-2-4-9-19/h2-12,15,22,25H,13-14,16-17H2,1H3. The van der Waals surface area contributed by atoms with Crippen LogP contribution in [-0.2, 0) is 13.0 Å². The zero-order chi connectivity index (χ0) is 18.5. The fourth-order valence-electron chi connectivity index (χ4n) is 3.61. The monoisotopic (exact) mass is 359 g/mol. The largest absolute Gasteiger partial charge is 0.493 e. The van der Waals surface area contributed by atoms with E-state index in [0.717, 1.165) is 37.4 Å². The Morgan fingerprint density at radius 3 is 2.63 bits per heavy atom. The van der Waals surface area contributed by atoms with E-state index in [-0.39, 0.29) is 6.10 Å². The van der Waals surface area contributed by atoms with Gasteiger partial charge in [0.05, 0.1) is 7.11 Å². The summed E-state index contributed by atoms with van der Waals surface area (Å²) < 4.78 is 11.6. The van der Waals surface area contributed by atoms with E-state index in [4.69, 9.17) is 9.47 Å². The Balaban J connectivity index is 1.35. The summed E-state index contributed by atoms with van der Waals surface area (Å²) in [5.74, 6) is 1.73. The van der Waals surface area contributed by atoms with Crippen LogP contribution in [0, 0.1) is 0 Å². The van der Waals surface area contributed by atoms with Crippen LogP contribution < -0.4 is 14.8 Å². The molecule has 1 N–H and O–H groups in total. The lowest BCUT2D eigenvalue weighted by Gasteiger charge is -2.27. The fraction of sp³-hybridized carbons (Fsp3) is 0.250. The highest BCUT2D eigenvalue weighted by molar-refractivity contribution is 5.63. The molecule has 4 rings (SSSR count). The Morgan fingerprint density at radius 2 is 1.78 bits per heavy atom. The molecule has 138 valence electrons. The van der Waals surface area contributed by atoms with Gasteiger partial charge >= 0.3 is 0 Å². The van der Waals surface area contributed by atoms with E-state index in [1.54, 1.807) is 7.11 Å². The van der Waals surface area contributed by atoms with Crippen molar-refractivity contribution < 1.29 is 9.47 Å². The van der Waals surface area contributed by atoms with Gasteiger partial charge < -0.3 is 14.8 Å². The summed E-state index contributed by atoms with van der Waals surface area (Å²) in [7, 11) is 1.70. The molecule has 0 fully saturated rings. The van der Waals surface area contributed by atoms with E-state index in [9.17, 15) is 0 Å². The first-order valence-corrected chi connectivity index (χ1v) is 9.51. The molecule has 3 aromatic rings. The lowest BCUT2D eigenvalue weighted by molar-refractivity contribution is 0.163. The second-order valence-corrected chi connectivity index (χ2v) is 6.92. The number of fused-ring (bicyclic) bond motifs is 1. The van der Waals surface area contributed by atoms with Crippen molar-refractivity contribution in [1.29, 1.82) is 0 Å². The molecule has 3 nitrogen and oxygen atoms in total. The highest BCUT2D eigenvalue weighted by atomic mass is 16.5. The quantitative estimate of drug-likeness (QED) is 0.683. The maximum atomic E-state index is 6.20. The molecular weight excluding hydrogens is 334 g/mol. The number of nitrogens with one attached hydrogen (secondary N) is 1. The predicted molar refractivity (Wildman–Crippen MR) is 109 cm³/mol. The summed E-state index contributed by atoms with van der Waals surface area (Å²) in [4.78, 5) is 0. The summed E-state index contributed by atoms with van der Waals surface area (Å²) in [6, 6.07) is 25.3. The third-order valence-electron chi connectivity index (χ3n) is 5.04. The minimum Gasteiger partial charge on any atom is -0.493 e. The number of ether oxygens (including phenoxy) is 2. The number of rotatable bonds is 6. The van der Waals surface area contributed by atoms with Gasteiger partial charge in [0.2, 0.25) is 0 Å². The van der Waals surface area contributed by atoms with Crippen molar-refractivity contribution in [3.8, 4) is 22.6 Å². The molecule has 1 unspecified atom stereocenters. The van der Waals surface area contributed by atoms with Crippen LogP contribution in [0.5, 0.6) is 11.5 Å². The van der Waals surface area contributed by atoms with Crippen molar-refractivity contribution in [2.45, 2.75) is 25.5 Å². The van der Waals surface area contributed by atoms with E-state index in [2.05, 4.69) is 59.9 Å². The molecule has 0 bridgehead atoms. The van der Waals surface area contributed by atoms with Crippen LogP contribution in [0.1, 0.15) is 17.5 Å². The van der Waals surface area contributed by atoms with Crippen LogP contribution in [0.2, 0.25) is 0 Å². The first-order valence-electron chi connectivity index (χ1n) is 9.51. The van der Waals surface area contributed by atoms with Gasteiger partial charge in [-0.1, -0.05) is 60.7 Å². The van der Waals surface area contributed by atoms with Crippen molar-refractivity contribution in [3.05, 3.63) is 83.9 Å². The van der Waals surface area contributed by atoms with Crippen LogP contribution in [0.4, 0.5) is 0 Å². The van der Waals surface area contributed by atoms with E-state index in [1.807, 2.05) is 18.2 Å².